The SMILES string of the molecule is Fc1ccc(F)c(CN(Cc2ccc3c(c2)OCO3)CC2CCCO2)c1. The van der Waals surface area contributed by atoms with Crippen LogP contribution in [-0.2, 0) is 17.8 Å². The summed E-state index contributed by atoms with van der Waals surface area (Å²) in [5.41, 5.74) is 1.38. The number of nitrogens with zero attached hydrogens (tertiary/aromatic N) is 1. The third-order valence-corrected chi connectivity index (χ3v) is 4.73. The Morgan fingerprint density at radius 1 is 1.00 bits per heavy atom. The van der Waals surface area contributed by atoms with Gasteiger partial charge in [0.05, 0.1) is 6.10 Å². The second kappa shape index (κ2) is 7.60. The van der Waals surface area contributed by atoms with Crippen LogP contribution in [0.4, 0.5) is 8.78 Å². The van der Waals surface area contributed by atoms with Crippen molar-refractivity contribution in [2.45, 2.75) is 32.0 Å². The van der Waals surface area contributed by atoms with Crippen LogP contribution < -0.4 is 9.47 Å². The van der Waals surface area contributed by atoms with Crippen molar-refractivity contribution < 1.29 is 23.0 Å². The fourth-order valence-corrected chi connectivity index (χ4v) is 3.46. The molecule has 2 aliphatic rings. The average Bonchev–Trinajstić information content (AvgIpc) is 3.29. The largest absolute Gasteiger partial charge is 0.454 e. The monoisotopic (exact) mass is 361 g/mol. The lowest BCUT2D eigenvalue weighted by Crippen LogP contribution is -2.31. The molecule has 6 heteroatoms. The molecule has 0 spiro atoms. The maximum atomic E-state index is 14.1. The lowest BCUT2D eigenvalue weighted by atomic mass is 10.1. The van der Waals surface area contributed by atoms with Crippen LogP contribution in [0.25, 0.3) is 0 Å². The molecule has 2 aliphatic heterocycles. The van der Waals surface area contributed by atoms with Crippen LogP contribution in [0.5, 0.6) is 11.5 Å². The minimum Gasteiger partial charge on any atom is -0.454 e. The molecule has 2 aromatic rings. The zero-order valence-corrected chi connectivity index (χ0v) is 14.4. The highest BCUT2D eigenvalue weighted by atomic mass is 19.1. The van der Waals surface area contributed by atoms with E-state index < -0.39 is 11.6 Å². The van der Waals surface area contributed by atoms with Gasteiger partial charge in [-0.05, 0) is 48.7 Å². The van der Waals surface area contributed by atoms with Gasteiger partial charge in [-0.1, -0.05) is 6.07 Å². The lowest BCUT2D eigenvalue weighted by molar-refractivity contribution is 0.0675. The fraction of sp³-hybridized carbons (Fsp3) is 0.400. The maximum absolute atomic E-state index is 14.1. The molecule has 26 heavy (non-hydrogen) atoms. The van der Waals surface area contributed by atoms with Crippen molar-refractivity contribution in [3.05, 3.63) is 59.2 Å². The quantitative estimate of drug-likeness (QED) is 0.781. The first-order valence-corrected chi connectivity index (χ1v) is 8.84. The molecule has 1 saturated heterocycles. The van der Waals surface area contributed by atoms with Gasteiger partial charge >= 0.3 is 0 Å². The van der Waals surface area contributed by atoms with Crippen molar-refractivity contribution in [2.75, 3.05) is 19.9 Å². The second-order valence-corrected chi connectivity index (χ2v) is 6.73. The number of halogens is 2. The van der Waals surface area contributed by atoms with Crippen molar-refractivity contribution in [3.8, 4) is 11.5 Å². The molecular formula is C20H21F2NO3. The molecule has 2 heterocycles. The predicted octanol–water partition coefficient (Wildman–Crippen LogP) is 3.87. The van der Waals surface area contributed by atoms with Gasteiger partial charge in [-0.2, -0.15) is 0 Å². The summed E-state index contributed by atoms with van der Waals surface area (Å²) in [6.45, 7) is 2.57. The van der Waals surface area contributed by atoms with Crippen LogP contribution in [0.2, 0.25) is 0 Å². The van der Waals surface area contributed by atoms with Crippen LogP contribution in [-0.4, -0.2) is 30.9 Å². The van der Waals surface area contributed by atoms with Crippen molar-refractivity contribution in [1.82, 2.24) is 4.90 Å². The number of benzene rings is 2. The highest BCUT2D eigenvalue weighted by Crippen LogP contribution is 2.33. The van der Waals surface area contributed by atoms with E-state index in [-0.39, 0.29) is 12.9 Å². The van der Waals surface area contributed by atoms with E-state index in [9.17, 15) is 8.78 Å². The van der Waals surface area contributed by atoms with Crippen molar-refractivity contribution in [2.24, 2.45) is 0 Å². The molecule has 1 fully saturated rings. The summed E-state index contributed by atoms with van der Waals surface area (Å²) in [5.74, 6) is 0.628. The molecular weight excluding hydrogens is 340 g/mol. The first-order chi connectivity index (χ1) is 12.7. The van der Waals surface area contributed by atoms with Gasteiger partial charge in [-0.3, -0.25) is 4.90 Å². The minimum absolute atomic E-state index is 0.126. The standard InChI is InChI=1S/C20H21F2NO3/c21-16-4-5-18(22)15(9-16)11-23(12-17-2-1-7-24-17)10-14-3-6-19-20(8-14)26-13-25-19/h3-6,8-9,17H,1-2,7,10-13H2. The molecule has 138 valence electrons. The maximum Gasteiger partial charge on any atom is 0.231 e. The number of hydrogen-bond acceptors (Lipinski definition) is 4. The van der Waals surface area contributed by atoms with Crippen LogP contribution in [0.15, 0.2) is 36.4 Å². The molecule has 0 radical (unpaired) electrons. The van der Waals surface area contributed by atoms with E-state index in [0.717, 1.165) is 42.6 Å². The normalized spacial score (nSPS) is 18.7. The van der Waals surface area contributed by atoms with E-state index in [0.29, 0.717) is 25.2 Å². The van der Waals surface area contributed by atoms with E-state index in [1.165, 1.54) is 12.1 Å². The first kappa shape index (κ1) is 17.2. The summed E-state index contributed by atoms with van der Waals surface area (Å²) in [6.07, 6.45) is 2.15. The van der Waals surface area contributed by atoms with E-state index >= 15 is 0 Å². The molecule has 1 atom stereocenters. The molecule has 0 amide bonds. The third kappa shape index (κ3) is 3.97. The minimum atomic E-state index is -0.429. The van der Waals surface area contributed by atoms with Crippen molar-refractivity contribution in [3.63, 3.8) is 0 Å². The van der Waals surface area contributed by atoms with Gasteiger partial charge < -0.3 is 14.2 Å². The fourth-order valence-electron chi connectivity index (χ4n) is 3.46. The summed E-state index contributed by atoms with van der Waals surface area (Å²) >= 11 is 0. The van der Waals surface area contributed by atoms with E-state index in [1.54, 1.807) is 0 Å². The summed E-state index contributed by atoms with van der Waals surface area (Å²) in [7, 11) is 0. The smallest absolute Gasteiger partial charge is 0.231 e. The molecule has 0 bridgehead atoms. The first-order valence-electron chi connectivity index (χ1n) is 8.84. The summed E-state index contributed by atoms with van der Waals surface area (Å²) in [5, 5.41) is 0. The molecule has 1 unspecified atom stereocenters. The predicted molar refractivity (Wildman–Crippen MR) is 92.0 cm³/mol. The highest BCUT2D eigenvalue weighted by molar-refractivity contribution is 5.44. The van der Waals surface area contributed by atoms with E-state index in [2.05, 4.69) is 4.90 Å². The number of fused-ring (bicyclic) bond motifs is 1. The van der Waals surface area contributed by atoms with Gasteiger partial charge in [-0.25, -0.2) is 8.78 Å². The molecule has 0 saturated carbocycles. The topological polar surface area (TPSA) is 30.9 Å². The average molecular weight is 361 g/mol. The molecule has 0 aromatic heterocycles. The van der Waals surface area contributed by atoms with Crippen LogP contribution in [0.1, 0.15) is 24.0 Å². The van der Waals surface area contributed by atoms with E-state index in [1.807, 2.05) is 18.2 Å². The van der Waals surface area contributed by atoms with Crippen molar-refractivity contribution in [1.29, 1.82) is 0 Å². The molecule has 4 nitrogen and oxygen atoms in total. The Hall–Kier alpha value is -2.18. The Morgan fingerprint density at radius 3 is 2.73 bits per heavy atom. The summed E-state index contributed by atoms with van der Waals surface area (Å²) in [6, 6.07) is 9.36. The van der Waals surface area contributed by atoms with Gasteiger partial charge in [0, 0.05) is 31.8 Å². The van der Waals surface area contributed by atoms with Crippen LogP contribution in [0, 0.1) is 11.6 Å². The van der Waals surface area contributed by atoms with Crippen molar-refractivity contribution >= 4 is 0 Å². The van der Waals surface area contributed by atoms with Crippen LogP contribution >= 0.6 is 0 Å². The van der Waals surface area contributed by atoms with Gasteiger partial charge in [0.2, 0.25) is 6.79 Å². The molecule has 4 rings (SSSR count). The highest BCUT2D eigenvalue weighted by Gasteiger charge is 2.21. The summed E-state index contributed by atoms with van der Waals surface area (Å²) in [4.78, 5) is 2.09. The Balaban J connectivity index is 1.52. The number of rotatable bonds is 6. The third-order valence-electron chi connectivity index (χ3n) is 4.73. The molecule has 2 aromatic carbocycles. The van der Waals surface area contributed by atoms with Crippen LogP contribution in [0.3, 0.4) is 0 Å². The van der Waals surface area contributed by atoms with Gasteiger partial charge in [0.25, 0.3) is 0 Å². The zero-order chi connectivity index (χ0) is 17.9. The van der Waals surface area contributed by atoms with Gasteiger partial charge in [0.1, 0.15) is 11.6 Å². The Bertz CT molecular complexity index is 778. The Kier molecular flexibility index (Phi) is 5.04. The molecule has 0 aliphatic carbocycles. The Labute approximate surface area is 151 Å². The number of ether oxygens (including phenoxy) is 3. The zero-order valence-electron chi connectivity index (χ0n) is 14.4. The lowest BCUT2D eigenvalue weighted by Gasteiger charge is -2.25. The van der Waals surface area contributed by atoms with E-state index in [4.69, 9.17) is 14.2 Å². The Morgan fingerprint density at radius 2 is 1.88 bits per heavy atom. The van der Waals surface area contributed by atoms with Gasteiger partial charge in [0.15, 0.2) is 11.5 Å². The van der Waals surface area contributed by atoms with Gasteiger partial charge in [-0.15, -0.1) is 0 Å². The molecule has 0 N–H and O–H groups in total. The second-order valence-electron chi connectivity index (χ2n) is 6.73. The number of hydrogen-bond donors (Lipinski definition) is 0. The summed E-state index contributed by atoms with van der Waals surface area (Å²) < 4.78 is 44.1.